The maximum Gasteiger partial charge on any atom is 0.328 e. The minimum Gasteiger partial charge on any atom is -0.504 e. The number of allylic oxidation sites excluding steroid dienone is 2. The molecule has 0 saturated carbocycles. The van der Waals surface area contributed by atoms with E-state index < -0.39 is 85.4 Å². The number of carbonyl (C=O) groups excluding carboxylic acids is 1. The van der Waals surface area contributed by atoms with Crippen LogP contribution in [0.1, 0.15) is 18.4 Å². The molecule has 1 aromatic carbocycles. The van der Waals surface area contributed by atoms with E-state index >= 15 is 0 Å². The van der Waals surface area contributed by atoms with Crippen molar-refractivity contribution >= 4 is 35.8 Å². The van der Waals surface area contributed by atoms with E-state index in [0.717, 1.165) is 0 Å². The van der Waals surface area contributed by atoms with Gasteiger partial charge < -0.3 is 54.9 Å². The van der Waals surface area contributed by atoms with Crippen LogP contribution in [0.25, 0.3) is 0 Å². The number of ether oxygens (including phenoxy) is 3. The molecule has 4 rings (SSSR count). The first-order valence-electron chi connectivity index (χ1n) is 12.6. The van der Waals surface area contributed by atoms with Crippen molar-refractivity contribution < 1.29 is 69.1 Å². The number of carboxylic acids is 3. The number of carboxylic acid groups (broad SMARTS) is 3. The fraction of sp³-hybridized carbons (Fsp3) is 0.423. The van der Waals surface area contributed by atoms with Crippen molar-refractivity contribution in [1.29, 1.82) is 0 Å². The molecule has 0 amide bonds. The van der Waals surface area contributed by atoms with Crippen molar-refractivity contribution in [2.24, 2.45) is 4.99 Å². The molecule has 7 atom stereocenters. The summed E-state index contributed by atoms with van der Waals surface area (Å²) in [6.45, 7) is -0.676. The highest BCUT2D eigenvalue weighted by Gasteiger charge is 2.46. The Hall–Kier alpha value is -4.51. The van der Waals surface area contributed by atoms with Gasteiger partial charge in [0.15, 0.2) is 17.5 Å². The second kappa shape index (κ2) is 12.6. The van der Waals surface area contributed by atoms with E-state index in [2.05, 4.69) is 4.99 Å². The van der Waals surface area contributed by atoms with Crippen molar-refractivity contribution in [1.82, 2.24) is 0 Å². The van der Waals surface area contributed by atoms with Crippen LogP contribution in [0.15, 0.2) is 41.1 Å². The molecule has 1 saturated heterocycles. The van der Waals surface area contributed by atoms with Crippen LogP contribution in [0.5, 0.6) is 11.5 Å². The van der Waals surface area contributed by atoms with Gasteiger partial charge in [0.05, 0.1) is 0 Å². The van der Waals surface area contributed by atoms with Crippen molar-refractivity contribution in [3.05, 3.63) is 41.6 Å². The van der Waals surface area contributed by atoms with E-state index in [9.17, 15) is 49.8 Å². The van der Waals surface area contributed by atoms with Crippen LogP contribution in [0, 0.1) is 0 Å². The fourth-order valence-electron chi connectivity index (χ4n) is 4.63. The second-order valence-electron chi connectivity index (χ2n) is 9.71. The molecule has 42 heavy (non-hydrogen) atoms. The third-order valence-corrected chi connectivity index (χ3v) is 6.81. The number of esters is 1. The number of hydrogen-bond donors (Lipinski definition) is 7. The zero-order valence-corrected chi connectivity index (χ0v) is 21.7. The monoisotopic (exact) mass is 592 g/mol. The molecule has 0 unspecified atom stereocenters. The first kappa shape index (κ1) is 30.4. The number of aliphatic carboxylic acids is 3. The van der Waals surface area contributed by atoms with Crippen LogP contribution in [0.3, 0.4) is 0 Å². The Morgan fingerprint density at radius 2 is 1.76 bits per heavy atom. The van der Waals surface area contributed by atoms with Gasteiger partial charge in [0.2, 0.25) is 6.29 Å². The van der Waals surface area contributed by atoms with Crippen molar-refractivity contribution in [3.8, 4) is 11.5 Å². The summed E-state index contributed by atoms with van der Waals surface area (Å²) in [4.78, 5) is 50.7. The quantitative estimate of drug-likeness (QED) is 0.124. The average molecular weight is 593 g/mol. The highest BCUT2D eigenvalue weighted by molar-refractivity contribution is 5.90. The smallest absolute Gasteiger partial charge is 0.328 e. The Kier molecular flexibility index (Phi) is 9.11. The number of fused-ring (bicyclic) bond motifs is 1. The molecule has 16 heteroatoms. The van der Waals surface area contributed by atoms with E-state index in [0.29, 0.717) is 16.8 Å². The SMILES string of the molecule is O=C(O)CC(=O)OC[C@H]1O[C@@H](Oc2cc3c(cc2O)N(/C=C/C2=CC=N[C@H](C(=O)O)C2)[C@H](C(=O)O)C3)[C@H](O)[C@@H](O)[C@@H]1O. The van der Waals surface area contributed by atoms with Gasteiger partial charge in [-0.05, 0) is 29.4 Å². The summed E-state index contributed by atoms with van der Waals surface area (Å²) >= 11 is 0. The maximum atomic E-state index is 12.0. The normalized spacial score (nSPS) is 28.7. The number of phenolic OH excluding ortho intramolecular Hbond substituents is 1. The summed E-state index contributed by atoms with van der Waals surface area (Å²) in [6.07, 6.45) is -3.44. The van der Waals surface area contributed by atoms with Gasteiger partial charge in [0, 0.05) is 37.0 Å². The number of carbonyl (C=O) groups is 4. The highest BCUT2D eigenvalue weighted by atomic mass is 16.7. The van der Waals surface area contributed by atoms with Crippen LogP contribution in [-0.2, 0) is 35.1 Å². The van der Waals surface area contributed by atoms with E-state index in [1.807, 2.05) is 0 Å². The number of aliphatic hydroxyl groups excluding tert-OH is 3. The zero-order chi connectivity index (χ0) is 30.7. The number of aliphatic hydroxyl groups is 3. The molecule has 16 nitrogen and oxygen atoms in total. The lowest BCUT2D eigenvalue weighted by molar-refractivity contribution is -0.278. The van der Waals surface area contributed by atoms with Gasteiger partial charge >= 0.3 is 23.9 Å². The van der Waals surface area contributed by atoms with Gasteiger partial charge in [0.25, 0.3) is 0 Å². The Morgan fingerprint density at radius 3 is 2.43 bits per heavy atom. The Labute approximate surface area is 237 Å². The van der Waals surface area contributed by atoms with Gasteiger partial charge in [-0.15, -0.1) is 0 Å². The molecule has 3 heterocycles. The topological polar surface area (TPSA) is 253 Å². The first-order chi connectivity index (χ1) is 19.8. The largest absolute Gasteiger partial charge is 0.504 e. The molecule has 3 aliphatic heterocycles. The Bertz CT molecular complexity index is 1340. The summed E-state index contributed by atoms with van der Waals surface area (Å²) in [5.74, 6) is -5.60. The van der Waals surface area contributed by atoms with Crippen LogP contribution >= 0.6 is 0 Å². The highest BCUT2D eigenvalue weighted by Crippen LogP contribution is 2.42. The van der Waals surface area contributed by atoms with Crippen LogP contribution in [0.4, 0.5) is 5.69 Å². The number of hydrogen-bond acceptors (Lipinski definition) is 13. The summed E-state index contributed by atoms with van der Waals surface area (Å²) in [5, 5.41) is 69.2. The lowest BCUT2D eigenvalue weighted by atomic mass is 9.99. The fourth-order valence-corrected chi connectivity index (χ4v) is 4.63. The lowest BCUT2D eigenvalue weighted by Crippen LogP contribution is -2.60. The van der Waals surface area contributed by atoms with E-state index in [-0.39, 0.29) is 18.6 Å². The standard InChI is InChI=1S/C26H28N2O14/c29-16-8-14-12(6-15(25(38)39)28(14)4-2-11-1-3-27-13(5-11)24(36)37)7-17(16)41-26-23(35)22(34)21(33)18(42-26)10-40-20(32)9-19(30)31/h1-4,7-8,13,15,18,21-23,26,29,33-35H,5-6,9-10H2,(H,30,31)(H,36,37)(H,38,39)/b4-2+/t13-,15-,18+,21+,22-,23+,26+/m0/s1. The van der Waals surface area contributed by atoms with Crippen LogP contribution < -0.4 is 9.64 Å². The number of aromatic hydroxyl groups is 1. The molecule has 226 valence electrons. The van der Waals surface area contributed by atoms with Gasteiger partial charge in [0.1, 0.15) is 43.5 Å². The number of dihydropyridines is 1. The van der Waals surface area contributed by atoms with Gasteiger partial charge in [-0.3, -0.25) is 14.6 Å². The summed E-state index contributed by atoms with van der Waals surface area (Å²) in [7, 11) is 0. The Morgan fingerprint density at radius 1 is 1.02 bits per heavy atom. The third-order valence-electron chi connectivity index (χ3n) is 6.81. The summed E-state index contributed by atoms with van der Waals surface area (Å²) in [5.41, 5.74) is 1.33. The number of phenols is 1. The van der Waals surface area contributed by atoms with Crippen molar-refractivity contribution in [2.45, 2.75) is 62.1 Å². The first-order valence-corrected chi connectivity index (χ1v) is 12.6. The molecule has 0 bridgehead atoms. The number of benzene rings is 1. The molecule has 0 radical (unpaired) electrons. The number of nitrogens with zero attached hydrogens (tertiary/aromatic N) is 2. The second-order valence-corrected chi connectivity index (χ2v) is 9.71. The number of aliphatic imine (C=N–C) groups is 1. The molecule has 0 aliphatic carbocycles. The molecule has 1 aromatic rings. The molecule has 0 spiro atoms. The predicted octanol–water partition coefficient (Wildman–Crippen LogP) is -1.22. The average Bonchev–Trinajstić information content (AvgIpc) is 3.28. The molecular formula is C26H28N2O14. The van der Waals surface area contributed by atoms with E-state index in [4.69, 9.17) is 19.3 Å². The summed E-state index contributed by atoms with van der Waals surface area (Å²) < 4.78 is 15.8. The summed E-state index contributed by atoms with van der Waals surface area (Å²) in [6, 6.07) is 0.488. The van der Waals surface area contributed by atoms with E-state index in [1.54, 1.807) is 12.2 Å². The van der Waals surface area contributed by atoms with Crippen LogP contribution in [-0.4, -0.2) is 115 Å². The van der Waals surface area contributed by atoms with Gasteiger partial charge in [-0.25, -0.2) is 9.59 Å². The van der Waals surface area contributed by atoms with Gasteiger partial charge in [-0.2, -0.15) is 0 Å². The Balaban J connectivity index is 1.52. The zero-order valence-electron chi connectivity index (χ0n) is 21.7. The molecule has 7 N–H and O–H groups in total. The van der Waals surface area contributed by atoms with Crippen molar-refractivity contribution in [2.75, 3.05) is 11.5 Å². The predicted molar refractivity (Wildman–Crippen MR) is 138 cm³/mol. The van der Waals surface area contributed by atoms with Crippen LogP contribution in [0.2, 0.25) is 0 Å². The molecule has 0 aromatic heterocycles. The third kappa shape index (κ3) is 6.68. The number of rotatable bonds is 10. The van der Waals surface area contributed by atoms with Gasteiger partial charge in [-0.1, -0.05) is 0 Å². The van der Waals surface area contributed by atoms with E-state index in [1.165, 1.54) is 29.4 Å². The minimum absolute atomic E-state index is 0.0263. The minimum atomic E-state index is -1.83. The van der Waals surface area contributed by atoms with Crippen molar-refractivity contribution in [3.63, 3.8) is 0 Å². The lowest BCUT2D eigenvalue weighted by Gasteiger charge is -2.40. The molecular weight excluding hydrogens is 564 g/mol. The maximum absolute atomic E-state index is 12.0. The molecule has 1 fully saturated rings. The number of anilines is 1. The molecule has 3 aliphatic rings.